The maximum atomic E-state index is 11.3. The largest absolute Gasteiger partial charge is 0.373 e. The van der Waals surface area contributed by atoms with Crippen LogP contribution in [0.2, 0.25) is 0 Å². The molecule has 0 radical (unpaired) electrons. The maximum absolute atomic E-state index is 11.3. The van der Waals surface area contributed by atoms with Gasteiger partial charge in [-0.25, -0.2) is 18.1 Å². The summed E-state index contributed by atoms with van der Waals surface area (Å²) in [6.07, 6.45) is 1.44. The highest BCUT2D eigenvalue weighted by atomic mass is 32.2. The van der Waals surface area contributed by atoms with E-state index in [9.17, 15) is 8.42 Å². The number of pyridine rings is 1. The van der Waals surface area contributed by atoms with Crippen LogP contribution in [0.1, 0.15) is 0 Å². The Morgan fingerprint density at radius 2 is 2.08 bits per heavy atom. The molecule has 0 unspecified atom stereocenters. The fourth-order valence-electron chi connectivity index (χ4n) is 0.833. The maximum Gasteiger partial charge on any atom is 0.240 e. The lowest BCUT2D eigenvalue weighted by Crippen LogP contribution is -2.18. The van der Waals surface area contributed by atoms with Crippen LogP contribution in [0.15, 0.2) is 23.2 Å². The van der Waals surface area contributed by atoms with Gasteiger partial charge in [0.1, 0.15) is 5.82 Å². The van der Waals surface area contributed by atoms with Crippen LogP contribution in [0.3, 0.4) is 0 Å². The minimum atomic E-state index is -3.36. The van der Waals surface area contributed by atoms with Gasteiger partial charge in [-0.05, 0) is 13.1 Å². The van der Waals surface area contributed by atoms with E-state index in [0.29, 0.717) is 5.82 Å². The second-order valence-electron chi connectivity index (χ2n) is 2.33. The summed E-state index contributed by atoms with van der Waals surface area (Å²) in [7, 11) is -0.312. The van der Waals surface area contributed by atoms with Crippen LogP contribution in [0.4, 0.5) is 5.82 Å². The van der Waals surface area contributed by atoms with Crippen molar-refractivity contribution >= 4 is 15.8 Å². The van der Waals surface area contributed by atoms with E-state index >= 15 is 0 Å². The van der Waals surface area contributed by atoms with Gasteiger partial charge in [0.05, 0.1) is 4.90 Å². The van der Waals surface area contributed by atoms with Crippen molar-refractivity contribution < 1.29 is 8.42 Å². The number of hydrogen-bond donors (Lipinski definition) is 2. The van der Waals surface area contributed by atoms with E-state index in [2.05, 4.69) is 15.0 Å². The van der Waals surface area contributed by atoms with Crippen LogP contribution in [-0.2, 0) is 10.0 Å². The van der Waals surface area contributed by atoms with Gasteiger partial charge in [0.25, 0.3) is 0 Å². The molecule has 0 saturated heterocycles. The van der Waals surface area contributed by atoms with Gasteiger partial charge in [0, 0.05) is 19.3 Å². The zero-order valence-corrected chi connectivity index (χ0v) is 8.22. The quantitative estimate of drug-likeness (QED) is 0.724. The van der Waals surface area contributed by atoms with E-state index < -0.39 is 10.0 Å². The number of sulfonamides is 1. The molecule has 0 atom stereocenters. The van der Waals surface area contributed by atoms with Crippen LogP contribution in [0, 0.1) is 0 Å². The summed E-state index contributed by atoms with van der Waals surface area (Å²) < 4.78 is 24.8. The third-order valence-electron chi connectivity index (χ3n) is 1.57. The van der Waals surface area contributed by atoms with Crippen molar-refractivity contribution in [2.24, 2.45) is 0 Å². The summed E-state index contributed by atoms with van der Waals surface area (Å²) in [5, 5.41) is 2.76. The molecule has 0 fully saturated rings. The number of aromatic nitrogens is 1. The lowest BCUT2D eigenvalue weighted by atomic mass is 10.5. The molecule has 0 aliphatic rings. The zero-order chi connectivity index (χ0) is 9.90. The Morgan fingerprint density at radius 1 is 1.38 bits per heavy atom. The monoisotopic (exact) mass is 201 g/mol. The Hall–Kier alpha value is -1.14. The molecule has 1 aromatic rings. The smallest absolute Gasteiger partial charge is 0.240 e. The summed E-state index contributed by atoms with van der Waals surface area (Å²) >= 11 is 0. The molecule has 0 saturated carbocycles. The average Bonchev–Trinajstić information content (AvgIpc) is 2.18. The Balaban J connectivity index is 3.17. The SMILES string of the molecule is CNc1cc(S(=O)(=O)NC)ccn1. The number of anilines is 1. The molecule has 0 bridgehead atoms. The summed E-state index contributed by atoms with van der Waals surface area (Å²) in [5.74, 6) is 0.524. The third kappa shape index (κ3) is 2.16. The lowest BCUT2D eigenvalue weighted by molar-refractivity contribution is 0.588. The third-order valence-corrected chi connectivity index (χ3v) is 2.98. The molecular weight excluding hydrogens is 190 g/mol. The topological polar surface area (TPSA) is 71.1 Å². The molecule has 2 N–H and O–H groups in total. The van der Waals surface area contributed by atoms with Crippen LogP contribution in [0.5, 0.6) is 0 Å². The first-order valence-corrected chi connectivity index (χ1v) is 5.16. The van der Waals surface area contributed by atoms with Gasteiger partial charge in [-0.15, -0.1) is 0 Å². The first-order chi connectivity index (χ1) is 6.10. The minimum absolute atomic E-state index is 0.203. The molecule has 1 aromatic heterocycles. The standard InChI is InChI=1S/C7H11N3O2S/c1-8-7-5-6(3-4-10-7)13(11,12)9-2/h3-5,9H,1-2H3,(H,8,10). The Bertz CT molecular complexity index is 388. The molecule has 5 nitrogen and oxygen atoms in total. The molecule has 13 heavy (non-hydrogen) atoms. The van der Waals surface area contributed by atoms with E-state index in [1.54, 1.807) is 7.05 Å². The van der Waals surface area contributed by atoms with Gasteiger partial charge in [0.2, 0.25) is 10.0 Å². The minimum Gasteiger partial charge on any atom is -0.373 e. The number of hydrogen-bond acceptors (Lipinski definition) is 4. The van der Waals surface area contributed by atoms with E-state index in [-0.39, 0.29) is 4.90 Å². The van der Waals surface area contributed by atoms with Gasteiger partial charge in [0.15, 0.2) is 0 Å². The second kappa shape index (κ2) is 3.71. The summed E-state index contributed by atoms with van der Waals surface area (Å²) in [6.45, 7) is 0. The van der Waals surface area contributed by atoms with E-state index in [4.69, 9.17) is 0 Å². The van der Waals surface area contributed by atoms with Crippen molar-refractivity contribution in [2.75, 3.05) is 19.4 Å². The summed E-state index contributed by atoms with van der Waals surface area (Å²) in [6, 6.07) is 2.90. The Morgan fingerprint density at radius 3 is 2.62 bits per heavy atom. The van der Waals surface area contributed by atoms with E-state index in [1.807, 2.05) is 0 Å². The molecule has 72 valence electrons. The average molecular weight is 201 g/mol. The van der Waals surface area contributed by atoms with Gasteiger partial charge in [-0.3, -0.25) is 0 Å². The van der Waals surface area contributed by atoms with Crippen molar-refractivity contribution in [3.8, 4) is 0 Å². The van der Waals surface area contributed by atoms with E-state index in [0.717, 1.165) is 0 Å². The van der Waals surface area contributed by atoms with Gasteiger partial charge >= 0.3 is 0 Å². The van der Waals surface area contributed by atoms with E-state index in [1.165, 1.54) is 25.4 Å². The molecule has 0 spiro atoms. The zero-order valence-electron chi connectivity index (χ0n) is 7.40. The first kappa shape index (κ1) is 9.94. The molecular formula is C7H11N3O2S. The summed E-state index contributed by atoms with van der Waals surface area (Å²) in [5.41, 5.74) is 0. The molecule has 1 heterocycles. The van der Waals surface area contributed by atoms with Crippen LogP contribution in [-0.4, -0.2) is 27.5 Å². The Labute approximate surface area is 77.2 Å². The first-order valence-electron chi connectivity index (χ1n) is 3.67. The highest BCUT2D eigenvalue weighted by Gasteiger charge is 2.10. The fourth-order valence-corrected chi connectivity index (χ4v) is 1.58. The van der Waals surface area contributed by atoms with Crippen molar-refractivity contribution in [1.29, 1.82) is 0 Å². The summed E-state index contributed by atoms with van der Waals surface area (Å²) in [4.78, 5) is 4.11. The van der Waals surface area contributed by atoms with Crippen LogP contribution < -0.4 is 10.0 Å². The number of rotatable bonds is 3. The number of nitrogens with one attached hydrogen (secondary N) is 2. The Kier molecular flexibility index (Phi) is 2.84. The van der Waals surface area contributed by atoms with Crippen molar-refractivity contribution in [2.45, 2.75) is 4.90 Å². The molecule has 0 aliphatic carbocycles. The molecule has 0 amide bonds. The number of nitrogens with zero attached hydrogens (tertiary/aromatic N) is 1. The van der Waals surface area contributed by atoms with Crippen LogP contribution in [0.25, 0.3) is 0 Å². The second-order valence-corrected chi connectivity index (χ2v) is 4.22. The highest BCUT2D eigenvalue weighted by molar-refractivity contribution is 7.89. The predicted molar refractivity (Wildman–Crippen MR) is 50.0 cm³/mol. The molecule has 1 rings (SSSR count). The van der Waals surface area contributed by atoms with Crippen molar-refractivity contribution in [3.63, 3.8) is 0 Å². The molecule has 0 aromatic carbocycles. The lowest BCUT2D eigenvalue weighted by Gasteiger charge is -2.03. The molecule has 0 aliphatic heterocycles. The van der Waals surface area contributed by atoms with Crippen molar-refractivity contribution in [3.05, 3.63) is 18.3 Å². The predicted octanol–water partition coefficient (Wildman–Crippen LogP) is 0.0314. The van der Waals surface area contributed by atoms with Crippen LogP contribution >= 0.6 is 0 Å². The van der Waals surface area contributed by atoms with Crippen molar-refractivity contribution in [1.82, 2.24) is 9.71 Å². The fraction of sp³-hybridized carbons (Fsp3) is 0.286. The van der Waals surface area contributed by atoms with Gasteiger partial charge in [-0.2, -0.15) is 0 Å². The van der Waals surface area contributed by atoms with Gasteiger partial charge in [-0.1, -0.05) is 0 Å². The normalized spacial score (nSPS) is 11.2. The van der Waals surface area contributed by atoms with Gasteiger partial charge < -0.3 is 5.32 Å². The highest BCUT2D eigenvalue weighted by Crippen LogP contribution is 2.10. The molecule has 6 heteroatoms.